The van der Waals surface area contributed by atoms with Crippen LogP contribution in [0.4, 0.5) is 35.0 Å². The van der Waals surface area contributed by atoms with Gasteiger partial charge in [-0.05, 0) is 43.7 Å². The maximum atomic E-state index is 13.8. The lowest BCUT2D eigenvalue weighted by Gasteiger charge is -2.13. The topological polar surface area (TPSA) is 59.1 Å². The summed E-state index contributed by atoms with van der Waals surface area (Å²) >= 11 is 0. The summed E-state index contributed by atoms with van der Waals surface area (Å²) in [6.07, 6.45) is -4.79. The van der Waals surface area contributed by atoms with Gasteiger partial charge in [0.2, 0.25) is 5.95 Å². The Balaban J connectivity index is 1.96. The van der Waals surface area contributed by atoms with E-state index >= 15 is 0 Å². The molecule has 2 aromatic carbocycles. The monoisotopic (exact) mass is 406 g/mol. The van der Waals surface area contributed by atoms with Crippen LogP contribution in [0.2, 0.25) is 0 Å². The summed E-state index contributed by atoms with van der Waals surface area (Å²) < 4.78 is 55.3. The number of halogens is 4. The molecule has 0 aliphatic rings. The fourth-order valence-electron chi connectivity index (χ4n) is 2.57. The lowest BCUT2D eigenvalue weighted by Crippen LogP contribution is -2.17. The van der Waals surface area contributed by atoms with E-state index in [1.807, 2.05) is 6.92 Å². The van der Waals surface area contributed by atoms with Gasteiger partial charge < -0.3 is 15.4 Å². The number of anilines is 3. The SMILES string of the molecule is CCNc1nc(Nc2ccc(C)c(F)c2)cc(-c2cccc(OC(F)(F)F)c2)n1. The van der Waals surface area contributed by atoms with Gasteiger partial charge in [-0.25, -0.2) is 9.37 Å². The molecule has 0 saturated carbocycles. The number of nitrogens with one attached hydrogen (secondary N) is 2. The zero-order valence-electron chi connectivity index (χ0n) is 15.6. The molecule has 3 aromatic rings. The van der Waals surface area contributed by atoms with E-state index in [0.717, 1.165) is 0 Å². The van der Waals surface area contributed by atoms with Crippen molar-refractivity contribution in [1.29, 1.82) is 0 Å². The number of benzene rings is 2. The molecule has 0 fully saturated rings. The summed E-state index contributed by atoms with van der Waals surface area (Å²) in [6, 6.07) is 11.7. The Morgan fingerprint density at radius 1 is 1.03 bits per heavy atom. The Morgan fingerprint density at radius 3 is 2.52 bits per heavy atom. The summed E-state index contributed by atoms with van der Waals surface area (Å²) in [6.45, 7) is 4.05. The molecule has 0 saturated heterocycles. The number of ether oxygens (including phenoxy) is 1. The first-order valence-corrected chi connectivity index (χ1v) is 8.76. The van der Waals surface area contributed by atoms with Crippen LogP contribution in [0.15, 0.2) is 48.5 Å². The number of hydrogen-bond acceptors (Lipinski definition) is 5. The van der Waals surface area contributed by atoms with Gasteiger partial charge in [0.1, 0.15) is 17.4 Å². The van der Waals surface area contributed by atoms with Crippen molar-refractivity contribution in [3.05, 3.63) is 59.9 Å². The normalized spacial score (nSPS) is 11.2. The number of alkyl halides is 3. The number of hydrogen-bond donors (Lipinski definition) is 2. The van der Waals surface area contributed by atoms with E-state index in [2.05, 4.69) is 25.3 Å². The van der Waals surface area contributed by atoms with Crippen LogP contribution < -0.4 is 15.4 Å². The minimum Gasteiger partial charge on any atom is -0.406 e. The molecule has 0 bridgehead atoms. The first-order chi connectivity index (χ1) is 13.7. The lowest BCUT2D eigenvalue weighted by molar-refractivity contribution is -0.274. The zero-order valence-corrected chi connectivity index (χ0v) is 15.6. The Morgan fingerprint density at radius 2 is 1.83 bits per heavy atom. The molecule has 0 unspecified atom stereocenters. The van der Waals surface area contributed by atoms with Crippen LogP contribution in [-0.4, -0.2) is 22.9 Å². The molecule has 0 amide bonds. The summed E-state index contributed by atoms with van der Waals surface area (Å²) in [4.78, 5) is 8.64. The van der Waals surface area contributed by atoms with Crippen LogP contribution in [0.25, 0.3) is 11.3 Å². The molecule has 3 rings (SSSR count). The van der Waals surface area contributed by atoms with Gasteiger partial charge in [0.25, 0.3) is 0 Å². The molecule has 0 atom stereocenters. The second-order valence-corrected chi connectivity index (χ2v) is 6.16. The van der Waals surface area contributed by atoms with E-state index in [1.54, 1.807) is 31.2 Å². The number of nitrogens with zero attached hydrogens (tertiary/aromatic N) is 2. The van der Waals surface area contributed by atoms with Gasteiger partial charge in [0.05, 0.1) is 5.69 Å². The van der Waals surface area contributed by atoms with Crippen molar-refractivity contribution in [2.75, 3.05) is 17.2 Å². The highest BCUT2D eigenvalue weighted by Crippen LogP contribution is 2.29. The van der Waals surface area contributed by atoms with Crippen molar-refractivity contribution >= 4 is 17.5 Å². The highest BCUT2D eigenvalue weighted by atomic mass is 19.4. The third kappa shape index (κ3) is 5.56. The largest absolute Gasteiger partial charge is 0.573 e. The molecule has 29 heavy (non-hydrogen) atoms. The van der Waals surface area contributed by atoms with Gasteiger partial charge in [-0.3, -0.25) is 0 Å². The minimum absolute atomic E-state index is 0.280. The Labute approximate surface area is 164 Å². The summed E-state index contributed by atoms with van der Waals surface area (Å²) in [5.74, 6) is -0.0829. The Bertz CT molecular complexity index is 1010. The van der Waals surface area contributed by atoms with Crippen molar-refractivity contribution in [3.8, 4) is 17.0 Å². The third-order valence-electron chi connectivity index (χ3n) is 3.87. The molecule has 0 aliphatic carbocycles. The molecule has 5 nitrogen and oxygen atoms in total. The maximum absolute atomic E-state index is 13.8. The van der Waals surface area contributed by atoms with Crippen LogP contribution in [0.1, 0.15) is 12.5 Å². The fraction of sp³-hybridized carbons (Fsp3) is 0.200. The average molecular weight is 406 g/mol. The van der Waals surface area contributed by atoms with E-state index in [0.29, 0.717) is 34.9 Å². The molecule has 0 aliphatic heterocycles. The van der Waals surface area contributed by atoms with Crippen molar-refractivity contribution in [2.24, 2.45) is 0 Å². The summed E-state index contributed by atoms with van der Waals surface area (Å²) in [7, 11) is 0. The minimum atomic E-state index is -4.79. The van der Waals surface area contributed by atoms with Crippen molar-refractivity contribution in [1.82, 2.24) is 9.97 Å². The van der Waals surface area contributed by atoms with E-state index in [1.165, 1.54) is 24.3 Å². The summed E-state index contributed by atoms with van der Waals surface area (Å²) in [5.41, 5.74) is 1.77. The third-order valence-corrected chi connectivity index (χ3v) is 3.87. The van der Waals surface area contributed by atoms with Gasteiger partial charge in [0.15, 0.2) is 0 Å². The van der Waals surface area contributed by atoms with Gasteiger partial charge in [-0.2, -0.15) is 4.98 Å². The predicted molar refractivity (Wildman–Crippen MR) is 103 cm³/mol. The molecule has 2 N–H and O–H groups in total. The molecule has 9 heteroatoms. The van der Waals surface area contributed by atoms with Gasteiger partial charge in [0, 0.05) is 23.9 Å². The van der Waals surface area contributed by atoms with E-state index in [9.17, 15) is 17.6 Å². The molecule has 1 heterocycles. The highest BCUT2D eigenvalue weighted by Gasteiger charge is 2.31. The fourth-order valence-corrected chi connectivity index (χ4v) is 2.57. The Hall–Kier alpha value is -3.36. The molecule has 152 valence electrons. The zero-order chi connectivity index (χ0) is 21.0. The van der Waals surface area contributed by atoms with Gasteiger partial charge >= 0.3 is 6.36 Å². The number of aryl methyl sites for hydroxylation is 1. The second kappa shape index (κ2) is 8.34. The van der Waals surface area contributed by atoms with Crippen molar-refractivity contribution in [3.63, 3.8) is 0 Å². The molecule has 1 aromatic heterocycles. The van der Waals surface area contributed by atoms with Crippen molar-refractivity contribution < 1.29 is 22.3 Å². The van der Waals surface area contributed by atoms with Crippen LogP contribution in [0, 0.1) is 12.7 Å². The standard InChI is InChI=1S/C20H18F4N4O/c1-3-25-19-27-17(13-5-4-6-15(9-13)29-20(22,23)24)11-18(28-19)26-14-8-7-12(2)16(21)10-14/h4-11H,3H2,1-2H3,(H2,25,26,27,28). The summed E-state index contributed by atoms with van der Waals surface area (Å²) in [5, 5.41) is 5.96. The van der Waals surface area contributed by atoms with Crippen LogP contribution in [-0.2, 0) is 0 Å². The second-order valence-electron chi connectivity index (χ2n) is 6.16. The molecule has 0 spiro atoms. The highest BCUT2D eigenvalue weighted by molar-refractivity contribution is 5.68. The van der Waals surface area contributed by atoms with Crippen LogP contribution >= 0.6 is 0 Å². The quantitative estimate of drug-likeness (QED) is 0.517. The maximum Gasteiger partial charge on any atom is 0.573 e. The Kier molecular flexibility index (Phi) is 5.86. The first kappa shape index (κ1) is 20.4. The molecule has 0 radical (unpaired) electrons. The molecular formula is C20H18F4N4O. The van der Waals surface area contributed by atoms with Gasteiger partial charge in [-0.1, -0.05) is 18.2 Å². The number of rotatable bonds is 6. The molecular weight excluding hydrogens is 388 g/mol. The first-order valence-electron chi connectivity index (χ1n) is 8.76. The lowest BCUT2D eigenvalue weighted by atomic mass is 10.1. The average Bonchev–Trinajstić information content (AvgIpc) is 2.64. The van der Waals surface area contributed by atoms with Crippen LogP contribution in [0.5, 0.6) is 5.75 Å². The smallest absolute Gasteiger partial charge is 0.406 e. The predicted octanol–water partition coefficient (Wildman–Crippen LogP) is 5.67. The van der Waals surface area contributed by atoms with E-state index in [-0.39, 0.29) is 17.5 Å². The number of aromatic nitrogens is 2. The van der Waals surface area contributed by atoms with Crippen molar-refractivity contribution in [2.45, 2.75) is 20.2 Å². The van der Waals surface area contributed by atoms with E-state index in [4.69, 9.17) is 0 Å². The van der Waals surface area contributed by atoms with Crippen LogP contribution in [0.3, 0.4) is 0 Å². The van der Waals surface area contributed by atoms with Gasteiger partial charge in [-0.15, -0.1) is 13.2 Å². The van der Waals surface area contributed by atoms with E-state index < -0.39 is 6.36 Å².